The van der Waals surface area contributed by atoms with Crippen LogP contribution < -0.4 is 10.6 Å². The Morgan fingerprint density at radius 1 is 1.09 bits per heavy atom. The Kier molecular flexibility index (Phi) is 10.9. The summed E-state index contributed by atoms with van der Waals surface area (Å²) in [6, 6.07) is -1.05. The second-order valence-corrected chi connectivity index (χ2v) is 15.1. The van der Waals surface area contributed by atoms with E-state index in [1.54, 1.807) is 41.5 Å². The fourth-order valence-electron chi connectivity index (χ4n) is 3.95. The van der Waals surface area contributed by atoms with Crippen molar-refractivity contribution >= 4 is 83.4 Å². The number of aromatic nitrogens is 1. The number of ether oxygens (including phenoxy) is 2. The van der Waals surface area contributed by atoms with Crippen LogP contribution in [0.3, 0.4) is 0 Å². The predicted octanol–water partition coefficient (Wildman–Crippen LogP) is 2.70. The Labute approximate surface area is 275 Å². The van der Waals surface area contributed by atoms with E-state index in [1.807, 2.05) is 6.92 Å². The van der Waals surface area contributed by atoms with Crippen molar-refractivity contribution in [1.82, 2.24) is 15.2 Å². The third-order valence-corrected chi connectivity index (χ3v) is 8.56. The Bertz CT molecular complexity index is 1430. The summed E-state index contributed by atoms with van der Waals surface area (Å²) in [6.07, 6.45) is -0.761. The van der Waals surface area contributed by atoms with Crippen molar-refractivity contribution in [3.8, 4) is 0 Å². The Hall–Kier alpha value is -3.31. The van der Waals surface area contributed by atoms with Crippen LogP contribution in [0, 0.1) is 0 Å². The minimum Gasteiger partial charge on any atom is -0.539 e. The summed E-state index contributed by atoms with van der Waals surface area (Å²) in [5.74, 6) is -2.86. The number of alkyl halides is 1. The SMILES string of the molecule is BOC(=O)C1=C(CCl)[C@@H](C)S[C@@H]2[C@H](NC(=O)/C(=N\OC(C)(C)C(=O)OC(C)(C)C)c3csc(NC(=O)OC(C)(C)C)n3)C(=O)N12. The van der Waals surface area contributed by atoms with Crippen molar-refractivity contribution in [2.75, 3.05) is 11.2 Å². The molecule has 0 aliphatic carbocycles. The first-order chi connectivity index (χ1) is 20.7. The number of β-lactam (4-membered cyclic amide) rings is 1. The molecule has 1 aromatic rings. The number of thiazole rings is 1. The van der Waals surface area contributed by atoms with Gasteiger partial charge in [-0.05, 0) is 67.9 Å². The number of amides is 3. The number of rotatable bonds is 9. The fourth-order valence-corrected chi connectivity index (χ4v) is 6.53. The van der Waals surface area contributed by atoms with Gasteiger partial charge in [0.15, 0.2) is 10.8 Å². The molecule has 45 heavy (non-hydrogen) atoms. The first-order valence-electron chi connectivity index (χ1n) is 13.8. The number of hydrogen-bond donors (Lipinski definition) is 2. The molecule has 0 saturated carbocycles. The highest BCUT2D eigenvalue weighted by Crippen LogP contribution is 2.44. The van der Waals surface area contributed by atoms with Gasteiger partial charge in [-0.1, -0.05) is 5.16 Å². The molecule has 2 aliphatic rings. The number of oxime groups is 1. The van der Waals surface area contributed by atoms with E-state index in [4.69, 9.17) is 30.6 Å². The van der Waals surface area contributed by atoms with Gasteiger partial charge in [0, 0.05) is 16.5 Å². The zero-order chi connectivity index (χ0) is 34.1. The normalized spacial score (nSPS) is 20.5. The van der Waals surface area contributed by atoms with Crippen LogP contribution in [-0.4, -0.2) is 92.8 Å². The molecule has 3 rings (SSSR count). The average Bonchev–Trinajstić information content (AvgIpc) is 3.36. The van der Waals surface area contributed by atoms with Gasteiger partial charge in [-0.15, -0.1) is 34.7 Å². The summed E-state index contributed by atoms with van der Waals surface area (Å²) in [4.78, 5) is 75.6. The van der Waals surface area contributed by atoms with Crippen LogP contribution in [0.25, 0.3) is 0 Å². The van der Waals surface area contributed by atoms with Crippen LogP contribution in [0.15, 0.2) is 21.8 Å². The molecule has 3 atom stereocenters. The molecule has 2 aliphatic heterocycles. The number of thioether (sulfide) groups is 1. The second kappa shape index (κ2) is 13.6. The molecule has 1 saturated heterocycles. The molecule has 2 N–H and O–H groups in total. The van der Waals surface area contributed by atoms with E-state index in [2.05, 4.69) is 20.8 Å². The van der Waals surface area contributed by atoms with E-state index < -0.39 is 58.1 Å². The lowest BCUT2D eigenvalue weighted by molar-refractivity contribution is -0.179. The standard InChI is InChI=1S/C27H37BClN5O9S2/c1-12-13(10-29)17(21(37)42-28)34-19(36)16(20(34)45-12)31-18(35)15(33-43-27(8,9)22(38)40-25(2,3)4)14-11-44-23(30-14)32-24(39)41-26(5,6)7/h11-12,16,20H,10,28H2,1-9H3,(H,31,35)(H,30,32,39)/b33-15-/t12-,16-,20-/m1/s1. The van der Waals surface area contributed by atoms with E-state index in [0.717, 1.165) is 11.3 Å². The summed E-state index contributed by atoms with van der Waals surface area (Å²) in [6.45, 7) is 14.8. The number of carbonyl (C=O) groups is 5. The van der Waals surface area contributed by atoms with Gasteiger partial charge in [-0.25, -0.2) is 19.4 Å². The molecule has 18 heteroatoms. The third kappa shape index (κ3) is 8.70. The molecule has 0 aromatic carbocycles. The van der Waals surface area contributed by atoms with Crippen LogP contribution in [0.2, 0.25) is 0 Å². The zero-order valence-electron chi connectivity index (χ0n) is 26.7. The number of hydrogen-bond acceptors (Lipinski definition) is 13. The quantitative estimate of drug-likeness (QED) is 0.0977. The lowest BCUT2D eigenvalue weighted by Gasteiger charge is -2.51. The van der Waals surface area contributed by atoms with Gasteiger partial charge in [0.2, 0.25) is 5.60 Å². The van der Waals surface area contributed by atoms with E-state index in [1.165, 1.54) is 43.9 Å². The van der Waals surface area contributed by atoms with E-state index >= 15 is 0 Å². The largest absolute Gasteiger partial charge is 0.539 e. The minimum absolute atomic E-state index is 0.0111. The molecule has 0 bridgehead atoms. The number of halogens is 1. The van der Waals surface area contributed by atoms with Crippen LogP contribution in [-0.2, 0) is 38.1 Å². The van der Waals surface area contributed by atoms with Crippen LogP contribution in [0.5, 0.6) is 0 Å². The Balaban J connectivity index is 1.91. The molecule has 1 aromatic heterocycles. The summed E-state index contributed by atoms with van der Waals surface area (Å²) in [5.41, 5.74) is -3.01. The van der Waals surface area contributed by atoms with Gasteiger partial charge in [0.05, 0.1) is 0 Å². The summed E-state index contributed by atoms with van der Waals surface area (Å²) >= 11 is 8.41. The summed E-state index contributed by atoms with van der Waals surface area (Å²) < 4.78 is 15.5. The average molecular weight is 686 g/mol. The first kappa shape index (κ1) is 36.2. The second-order valence-electron chi connectivity index (χ2n) is 12.5. The van der Waals surface area contributed by atoms with Crippen molar-refractivity contribution in [2.24, 2.45) is 5.16 Å². The number of anilines is 1. The highest BCUT2D eigenvalue weighted by molar-refractivity contribution is 8.00. The lowest BCUT2D eigenvalue weighted by atomic mass is 10.0. The maximum Gasteiger partial charge on any atom is 0.413 e. The maximum atomic E-state index is 13.7. The Morgan fingerprint density at radius 2 is 1.71 bits per heavy atom. The zero-order valence-corrected chi connectivity index (χ0v) is 29.1. The highest BCUT2D eigenvalue weighted by Gasteiger charge is 2.56. The summed E-state index contributed by atoms with van der Waals surface area (Å²) in [7, 11) is 1.20. The molecule has 3 heterocycles. The topological polar surface area (TPSA) is 175 Å². The lowest BCUT2D eigenvalue weighted by Crippen LogP contribution is -2.71. The van der Waals surface area contributed by atoms with Gasteiger partial charge in [-0.3, -0.25) is 19.8 Å². The molecule has 1 fully saturated rings. The van der Waals surface area contributed by atoms with Crippen LogP contribution in [0.1, 0.15) is 68.0 Å². The van der Waals surface area contributed by atoms with Gasteiger partial charge in [0.1, 0.15) is 34.0 Å². The van der Waals surface area contributed by atoms with Crippen molar-refractivity contribution in [1.29, 1.82) is 0 Å². The molecule has 14 nitrogen and oxygen atoms in total. The van der Waals surface area contributed by atoms with Crippen molar-refractivity contribution in [3.05, 3.63) is 22.3 Å². The molecule has 246 valence electrons. The maximum absolute atomic E-state index is 13.7. The Morgan fingerprint density at radius 3 is 2.27 bits per heavy atom. The minimum atomic E-state index is -1.62. The number of nitrogens with zero attached hydrogens (tertiary/aromatic N) is 3. The van der Waals surface area contributed by atoms with E-state index in [-0.39, 0.29) is 33.4 Å². The fraction of sp³-hybridized carbons (Fsp3) is 0.593. The third-order valence-electron chi connectivity index (χ3n) is 6.06. The van der Waals surface area contributed by atoms with Crippen molar-refractivity contribution in [2.45, 2.75) is 95.8 Å². The molecule has 3 amide bonds. The molecule has 0 spiro atoms. The van der Waals surface area contributed by atoms with Crippen molar-refractivity contribution in [3.63, 3.8) is 0 Å². The number of carbonyl (C=O) groups excluding carboxylic acids is 5. The molecule has 0 unspecified atom stereocenters. The number of fused-ring (bicyclic) bond motifs is 1. The smallest absolute Gasteiger partial charge is 0.413 e. The molecular formula is C27H37BClN5O9S2. The monoisotopic (exact) mass is 685 g/mol. The van der Waals surface area contributed by atoms with Crippen molar-refractivity contribution < 1.29 is 42.9 Å². The predicted molar refractivity (Wildman–Crippen MR) is 172 cm³/mol. The molecular weight excluding hydrogens is 649 g/mol. The number of esters is 1. The van der Waals surface area contributed by atoms with Gasteiger partial charge in [0.25, 0.3) is 11.8 Å². The van der Waals surface area contributed by atoms with Crippen LogP contribution in [0.4, 0.5) is 9.93 Å². The van der Waals surface area contributed by atoms with Gasteiger partial charge < -0.3 is 24.3 Å². The van der Waals surface area contributed by atoms with E-state index in [9.17, 15) is 24.0 Å². The molecule has 0 radical (unpaired) electrons. The highest BCUT2D eigenvalue weighted by atomic mass is 35.5. The van der Waals surface area contributed by atoms with Gasteiger partial charge >= 0.3 is 26.1 Å². The van der Waals surface area contributed by atoms with E-state index in [0.29, 0.717) is 5.57 Å². The van der Waals surface area contributed by atoms with Gasteiger partial charge in [-0.2, -0.15) is 0 Å². The number of nitrogens with one attached hydrogen (secondary N) is 2. The summed E-state index contributed by atoms with van der Waals surface area (Å²) in [5, 5.41) is 9.75. The first-order valence-corrected chi connectivity index (χ1v) is 16.2. The van der Waals surface area contributed by atoms with Crippen LogP contribution >= 0.6 is 34.7 Å².